The van der Waals surface area contributed by atoms with Gasteiger partial charge in [-0.2, -0.15) is 5.26 Å². The molecule has 0 saturated heterocycles. The second-order valence-electron chi connectivity index (χ2n) is 3.89. The van der Waals surface area contributed by atoms with Gasteiger partial charge < -0.3 is 5.32 Å². The Morgan fingerprint density at radius 1 is 1.26 bits per heavy atom. The molecular weight excluding hydrogens is 331 g/mol. The van der Waals surface area contributed by atoms with Crippen molar-refractivity contribution >= 4 is 33.2 Å². The van der Waals surface area contributed by atoms with Crippen LogP contribution in [0.3, 0.4) is 0 Å². The van der Waals surface area contributed by atoms with E-state index in [1.165, 1.54) is 6.07 Å². The van der Waals surface area contributed by atoms with Crippen LogP contribution in [0.25, 0.3) is 0 Å². The van der Waals surface area contributed by atoms with Gasteiger partial charge in [0.15, 0.2) is 0 Å². The van der Waals surface area contributed by atoms with Gasteiger partial charge in [-0.1, -0.05) is 33.6 Å². The largest absolute Gasteiger partial charge is 0.380 e. The van der Waals surface area contributed by atoms with Gasteiger partial charge in [-0.25, -0.2) is 4.39 Å². The molecule has 2 nitrogen and oxygen atoms in total. The molecule has 96 valence electrons. The molecule has 19 heavy (non-hydrogen) atoms. The van der Waals surface area contributed by atoms with E-state index in [-0.39, 0.29) is 12.4 Å². The van der Waals surface area contributed by atoms with Crippen molar-refractivity contribution in [2.45, 2.75) is 6.54 Å². The molecule has 0 aliphatic heterocycles. The molecule has 0 unspecified atom stereocenters. The molecule has 0 bridgehead atoms. The van der Waals surface area contributed by atoms with Crippen LogP contribution in [0.15, 0.2) is 40.9 Å². The van der Waals surface area contributed by atoms with E-state index in [1.54, 1.807) is 30.3 Å². The molecule has 0 saturated carbocycles. The molecule has 0 heterocycles. The SMILES string of the molecule is N#Cc1ccc(Br)cc1NCc1ccc(Cl)cc1F. The van der Waals surface area contributed by atoms with Gasteiger partial charge in [0.05, 0.1) is 11.3 Å². The predicted molar refractivity (Wildman–Crippen MR) is 77.6 cm³/mol. The molecule has 0 fully saturated rings. The van der Waals surface area contributed by atoms with Crippen LogP contribution in [0.5, 0.6) is 0 Å². The van der Waals surface area contributed by atoms with E-state index in [0.717, 1.165) is 4.47 Å². The Bertz CT molecular complexity index is 652. The summed E-state index contributed by atoms with van der Waals surface area (Å²) in [6.07, 6.45) is 0. The van der Waals surface area contributed by atoms with E-state index in [4.69, 9.17) is 16.9 Å². The van der Waals surface area contributed by atoms with Crippen molar-refractivity contribution in [2.24, 2.45) is 0 Å². The highest BCUT2D eigenvalue weighted by Crippen LogP contribution is 2.22. The van der Waals surface area contributed by atoms with E-state index in [1.807, 2.05) is 0 Å². The first-order valence-corrected chi connectivity index (χ1v) is 6.64. The first-order chi connectivity index (χ1) is 9.10. The highest BCUT2D eigenvalue weighted by molar-refractivity contribution is 9.10. The number of hydrogen-bond acceptors (Lipinski definition) is 2. The van der Waals surface area contributed by atoms with Crippen LogP contribution in [0, 0.1) is 17.1 Å². The fraction of sp³-hybridized carbons (Fsp3) is 0.0714. The van der Waals surface area contributed by atoms with Crippen molar-refractivity contribution in [1.29, 1.82) is 5.26 Å². The van der Waals surface area contributed by atoms with Crippen molar-refractivity contribution in [3.63, 3.8) is 0 Å². The fourth-order valence-electron chi connectivity index (χ4n) is 1.62. The zero-order chi connectivity index (χ0) is 13.8. The lowest BCUT2D eigenvalue weighted by atomic mass is 10.1. The zero-order valence-corrected chi connectivity index (χ0v) is 12.1. The number of rotatable bonds is 3. The van der Waals surface area contributed by atoms with E-state index < -0.39 is 0 Å². The van der Waals surface area contributed by atoms with E-state index in [2.05, 4.69) is 27.3 Å². The van der Waals surface area contributed by atoms with Crippen LogP contribution >= 0.6 is 27.5 Å². The number of nitrogens with one attached hydrogen (secondary N) is 1. The molecule has 0 amide bonds. The molecule has 0 aliphatic rings. The fourth-order valence-corrected chi connectivity index (χ4v) is 2.14. The summed E-state index contributed by atoms with van der Waals surface area (Å²) >= 11 is 9.03. The topological polar surface area (TPSA) is 35.8 Å². The maximum Gasteiger partial charge on any atom is 0.129 e. The summed E-state index contributed by atoms with van der Waals surface area (Å²) in [5, 5.41) is 12.4. The van der Waals surface area contributed by atoms with E-state index in [9.17, 15) is 4.39 Å². The molecule has 2 aromatic rings. The number of benzene rings is 2. The number of nitriles is 1. The van der Waals surface area contributed by atoms with Crippen LogP contribution < -0.4 is 5.32 Å². The Kier molecular flexibility index (Phi) is 4.41. The number of nitrogens with zero attached hydrogens (tertiary/aromatic N) is 1. The third kappa shape index (κ3) is 3.46. The summed E-state index contributed by atoms with van der Waals surface area (Å²) in [6, 6.07) is 11.9. The lowest BCUT2D eigenvalue weighted by Crippen LogP contribution is -2.03. The van der Waals surface area contributed by atoms with Crippen LogP contribution in [-0.4, -0.2) is 0 Å². The first kappa shape index (κ1) is 13.9. The Morgan fingerprint density at radius 2 is 2.05 bits per heavy atom. The van der Waals surface area contributed by atoms with Crippen LogP contribution in [0.4, 0.5) is 10.1 Å². The summed E-state index contributed by atoms with van der Waals surface area (Å²) in [4.78, 5) is 0. The maximum absolute atomic E-state index is 13.6. The molecule has 2 aromatic carbocycles. The van der Waals surface area contributed by atoms with Gasteiger partial charge in [-0.3, -0.25) is 0 Å². The Labute approximate surface area is 123 Å². The summed E-state index contributed by atoms with van der Waals surface area (Å²) in [5.74, 6) is -0.367. The van der Waals surface area contributed by atoms with Gasteiger partial charge >= 0.3 is 0 Å². The minimum atomic E-state index is -0.367. The first-order valence-electron chi connectivity index (χ1n) is 5.47. The van der Waals surface area contributed by atoms with Gasteiger partial charge in [0, 0.05) is 21.6 Å². The molecule has 5 heteroatoms. The zero-order valence-electron chi connectivity index (χ0n) is 9.75. The minimum Gasteiger partial charge on any atom is -0.380 e. The molecule has 0 radical (unpaired) electrons. The molecule has 0 atom stereocenters. The Balaban J connectivity index is 2.19. The Hall–Kier alpha value is -1.57. The van der Waals surface area contributed by atoms with E-state index >= 15 is 0 Å². The Morgan fingerprint density at radius 3 is 2.74 bits per heavy atom. The highest BCUT2D eigenvalue weighted by atomic mass is 79.9. The average molecular weight is 340 g/mol. The highest BCUT2D eigenvalue weighted by Gasteiger charge is 2.06. The molecular formula is C14H9BrClFN2. The summed E-state index contributed by atoms with van der Waals surface area (Å²) in [5.41, 5.74) is 1.66. The van der Waals surface area contributed by atoms with Gasteiger partial charge in [0.2, 0.25) is 0 Å². The lowest BCUT2D eigenvalue weighted by molar-refractivity contribution is 0.613. The number of anilines is 1. The third-order valence-electron chi connectivity index (χ3n) is 2.59. The predicted octanol–water partition coefficient (Wildman–Crippen LogP) is 4.73. The average Bonchev–Trinajstić information content (AvgIpc) is 2.38. The van der Waals surface area contributed by atoms with Crippen LogP contribution in [-0.2, 0) is 6.54 Å². The molecule has 0 aromatic heterocycles. The second-order valence-corrected chi connectivity index (χ2v) is 5.24. The van der Waals surface area contributed by atoms with Gasteiger partial charge in [0.1, 0.15) is 11.9 Å². The number of hydrogen-bond donors (Lipinski definition) is 1. The summed E-state index contributed by atoms with van der Waals surface area (Å²) in [7, 11) is 0. The van der Waals surface area contributed by atoms with Crippen molar-refractivity contribution in [3.8, 4) is 6.07 Å². The normalized spacial score (nSPS) is 10.0. The van der Waals surface area contributed by atoms with Crippen molar-refractivity contribution in [1.82, 2.24) is 0 Å². The molecule has 0 spiro atoms. The maximum atomic E-state index is 13.6. The molecule has 0 aliphatic carbocycles. The van der Waals surface area contributed by atoms with Crippen molar-refractivity contribution in [2.75, 3.05) is 5.32 Å². The molecule has 1 N–H and O–H groups in total. The van der Waals surface area contributed by atoms with Crippen LogP contribution in [0.1, 0.15) is 11.1 Å². The van der Waals surface area contributed by atoms with Gasteiger partial charge in [-0.15, -0.1) is 0 Å². The van der Waals surface area contributed by atoms with Gasteiger partial charge in [0.25, 0.3) is 0 Å². The quantitative estimate of drug-likeness (QED) is 0.878. The van der Waals surface area contributed by atoms with Gasteiger partial charge in [-0.05, 0) is 30.3 Å². The summed E-state index contributed by atoms with van der Waals surface area (Å²) < 4.78 is 14.5. The third-order valence-corrected chi connectivity index (χ3v) is 3.31. The number of halogens is 3. The monoisotopic (exact) mass is 338 g/mol. The van der Waals surface area contributed by atoms with Crippen LogP contribution in [0.2, 0.25) is 5.02 Å². The minimum absolute atomic E-state index is 0.286. The van der Waals surface area contributed by atoms with Crippen molar-refractivity contribution < 1.29 is 4.39 Å². The molecule has 2 rings (SSSR count). The second kappa shape index (κ2) is 6.05. The smallest absolute Gasteiger partial charge is 0.129 e. The van der Waals surface area contributed by atoms with E-state index in [0.29, 0.717) is 21.8 Å². The summed E-state index contributed by atoms with van der Waals surface area (Å²) in [6.45, 7) is 0.286. The lowest BCUT2D eigenvalue weighted by Gasteiger charge is -2.09. The van der Waals surface area contributed by atoms with Crippen molar-refractivity contribution in [3.05, 3.63) is 62.8 Å². The standard InChI is InChI=1S/C14H9BrClFN2/c15-11-3-1-9(7-18)14(5-11)19-8-10-2-4-12(16)6-13(10)17/h1-6,19H,8H2.